The van der Waals surface area contributed by atoms with Crippen LogP contribution in [0.5, 0.6) is 5.75 Å². The Kier molecular flexibility index (Phi) is 8.20. The Labute approximate surface area is 216 Å². The summed E-state index contributed by atoms with van der Waals surface area (Å²) < 4.78 is 20.8. The predicted octanol–water partition coefficient (Wildman–Crippen LogP) is 7.00. The number of aromatic hydroxyl groups is 1. The highest BCUT2D eigenvalue weighted by Crippen LogP contribution is 2.60. The monoisotopic (exact) mass is 506 g/mol. The van der Waals surface area contributed by atoms with Gasteiger partial charge >= 0.3 is 5.97 Å². The molecule has 0 unspecified atom stereocenters. The molecule has 0 aliphatic carbocycles. The minimum atomic E-state index is -3.38. The molecule has 0 saturated carbocycles. The molecule has 5 heteroatoms. The van der Waals surface area contributed by atoms with Crippen LogP contribution in [0.4, 0.5) is 0 Å². The van der Waals surface area contributed by atoms with Gasteiger partial charge in [0.05, 0.1) is 18.7 Å². The van der Waals surface area contributed by atoms with E-state index >= 15 is 4.57 Å². The largest absolute Gasteiger partial charge is 0.507 e. The number of hydrogen-bond donors (Lipinski definition) is 1. The first-order valence-corrected chi connectivity index (χ1v) is 14.3. The lowest BCUT2D eigenvalue weighted by atomic mass is 9.78. The van der Waals surface area contributed by atoms with E-state index < -0.39 is 18.8 Å². The summed E-state index contributed by atoms with van der Waals surface area (Å²) in [5.74, 6) is -0.139. The standard InChI is InChI=1S/C31H39O4P/c1-8-35-28(32)21-27(22-19-25(30(2,3)4)29(33)26(20-22)31(5,6)7)36(34,23-15-11-9-12-16-23)24-17-13-10-14-18-24/h9-20,27,33H,8,21H2,1-7H3/t27-/m1/s1. The molecule has 0 aliphatic rings. The van der Waals surface area contributed by atoms with Crippen molar-refractivity contribution in [3.63, 3.8) is 0 Å². The third-order valence-corrected chi connectivity index (χ3v) is 10.0. The summed E-state index contributed by atoms with van der Waals surface area (Å²) in [4.78, 5) is 13.0. The zero-order valence-corrected chi connectivity index (χ0v) is 23.4. The van der Waals surface area contributed by atoms with Gasteiger partial charge in [0.25, 0.3) is 0 Å². The van der Waals surface area contributed by atoms with Crippen molar-refractivity contribution >= 4 is 23.7 Å². The number of esters is 1. The second-order valence-corrected chi connectivity index (χ2v) is 14.3. The van der Waals surface area contributed by atoms with Crippen LogP contribution in [0.25, 0.3) is 0 Å². The average Bonchev–Trinajstić information content (AvgIpc) is 2.82. The molecule has 0 heterocycles. The lowest BCUT2D eigenvalue weighted by Gasteiger charge is -2.33. The molecule has 192 valence electrons. The van der Waals surface area contributed by atoms with Crippen LogP contribution in [-0.4, -0.2) is 17.7 Å². The third kappa shape index (κ3) is 5.76. The summed E-state index contributed by atoms with van der Waals surface area (Å²) in [5, 5.41) is 12.7. The van der Waals surface area contributed by atoms with Crippen LogP contribution < -0.4 is 10.6 Å². The zero-order valence-electron chi connectivity index (χ0n) is 22.5. The molecule has 0 aromatic heterocycles. The highest BCUT2D eigenvalue weighted by atomic mass is 31.2. The number of carbonyl (C=O) groups is 1. The van der Waals surface area contributed by atoms with Gasteiger partial charge in [-0.15, -0.1) is 0 Å². The van der Waals surface area contributed by atoms with Gasteiger partial charge in [0.2, 0.25) is 0 Å². The van der Waals surface area contributed by atoms with Crippen LogP contribution in [0.3, 0.4) is 0 Å². The normalized spacial score (nSPS) is 13.3. The Balaban J connectivity index is 2.41. The quantitative estimate of drug-likeness (QED) is 0.277. The van der Waals surface area contributed by atoms with Crippen molar-refractivity contribution in [3.8, 4) is 5.75 Å². The summed E-state index contributed by atoms with van der Waals surface area (Å²) in [6, 6.07) is 22.7. The maximum absolute atomic E-state index is 15.4. The van der Waals surface area contributed by atoms with Gasteiger partial charge in [-0.3, -0.25) is 4.79 Å². The van der Waals surface area contributed by atoms with Crippen molar-refractivity contribution in [1.82, 2.24) is 0 Å². The molecule has 0 aliphatic heterocycles. The summed E-state index contributed by atoms with van der Waals surface area (Å²) >= 11 is 0. The highest BCUT2D eigenvalue weighted by molar-refractivity contribution is 7.79. The number of carbonyl (C=O) groups excluding carboxylic acids is 1. The summed E-state index contributed by atoms with van der Waals surface area (Å²) in [6.07, 6.45) is -0.0349. The van der Waals surface area contributed by atoms with Crippen molar-refractivity contribution in [2.45, 2.75) is 71.4 Å². The zero-order chi connectivity index (χ0) is 26.7. The molecule has 1 atom stereocenters. The van der Waals surface area contributed by atoms with E-state index in [1.807, 2.05) is 114 Å². The summed E-state index contributed by atoms with van der Waals surface area (Å²) in [5.41, 5.74) is 0.921. The van der Waals surface area contributed by atoms with Crippen molar-refractivity contribution in [3.05, 3.63) is 89.5 Å². The van der Waals surface area contributed by atoms with Crippen LogP contribution in [0.2, 0.25) is 0 Å². The number of hydrogen-bond acceptors (Lipinski definition) is 4. The van der Waals surface area contributed by atoms with Crippen molar-refractivity contribution < 1.29 is 19.2 Å². The first-order valence-electron chi connectivity index (χ1n) is 12.5. The van der Waals surface area contributed by atoms with Gasteiger partial charge in [-0.1, -0.05) is 114 Å². The van der Waals surface area contributed by atoms with Gasteiger partial charge in [-0.25, -0.2) is 0 Å². The number of phenols is 1. The lowest BCUT2D eigenvalue weighted by molar-refractivity contribution is -0.143. The topological polar surface area (TPSA) is 63.6 Å². The van der Waals surface area contributed by atoms with Gasteiger partial charge in [0.15, 0.2) is 7.14 Å². The van der Waals surface area contributed by atoms with Gasteiger partial charge in [-0.05, 0) is 34.4 Å². The van der Waals surface area contributed by atoms with Crippen molar-refractivity contribution in [1.29, 1.82) is 0 Å². The molecule has 3 aromatic rings. The van der Waals surface area contributed by atoms with E-state index in [0.29, 0.717) is 10.6 Å². The molecule has 4 nitrogen and oxygen atoms in total. The van der Waals surface area contributed by atoms with E-state index in [1.54, 1.807) is 6.92 Å². The van der Waals surface area contributed by atoms with Crippen LogP contribution in [0.1, 0.15) is 77.2 Å². The van der Waals surface area contributed by atoms with Gasteiger partial charge < -0.3 is 14.4 Å². The molecule has 0 bridgehead atoms. The SMILES string of the molecule is CCOC(=O)C[C@H](c1cc(C(C)(C)C)c(O)c(C(C)(C)C)c1)P(=O)(c1ccccc1)c1ccccc1. The smallest absolute Gasteiger partial charge is 0.306 e. The summed E-state index contributed by atoms with van der Waals surface area (Å²) in [7, 11) is -3.38. The Morgan fingerprint density at radius 3 is 1.61 bits per heavy atom. The minimum absolute atomic E-state index is 0.0349. The van der Waals surface area contributed by atoms with Crippen LogP contribution >= 0.6 is 7.14 Å². The molecule has 1 N–H and O–H groups in total. The minimum Gasteiger partial charge on any atom is -0.507 e. The first kappa shape index (κ1) is 27.7. The Hall–Kier alpha value is -2.84. The first-order chi connectivity index (χ1) is 16.8. The third-order valence-electron chi connectivity index (χ3n) is 6.52. The Bertz CT molecular complexity index is 1160. The predicted molar refractivity (Wildman–Crippen MR) is 149 cm³/mol. The van der Waals surface area contributed by atoms with Crippen molar-refractivity contribution in [2.75, 3.05) is 6.61 Å². The van der Waals surface area contributed by atoms with E-state index in [4.69, 9.17) is 4.74 Å². The fraction of sp³-hybridized carbons (Fsp3) is 0.387. The van der Waals surface area contributed by atoms with E-state index in [2.05, 4.69) is 0 Å². The number of ether oxygens (including phenoxy) is 1. The van der Waals surface area contributed by atoms with Gasteiger partial charge in [-0.2, -0.15) is 0 Å². The lowest BCUT2D eigenvalue weighted by Crippen LogP contribution is -2.25. The molecule has 0 amide bonds. The fourth-order valence-electron chi connectivity index (χ4n) is 4.63. The van der Waals surface area contributed by atoms with E-state index in [-0.39, 0.29) is 29.6 Å². The second kappa shape index (κ2) is 10.6. The molecule has 0 saturated heterocycles. The Morgan fingerprint density at radius 2 is 1.25 bits per heavy atom. The number of benzene rings is 3. The van der Waals surface area contributed by atoms with Crippen LogP contribution in [0, 0.1) is 0 Å². The molecule has 3 rings (SSSR count). The molecule has 3 aromatic carbocycles. The average molecular weight is 507 g/mol. The maximum atomic E-state index is 15.4. The molecule has 36 heavy (non-hydrogen) atoms. The van der Waals surface area contributed by atoms with Crippen LogP contribution in [-0.2, 0) is 24.9 Å². The van der Waals surface area contributed by atoms with E-state index in [0.717, 1.165) is 16.7 Å². The second-order valence-electron chi connectivity index (χ2n) is 11.3. The molecular formula is C31H39O4P. The fourth-order valence-corrected chi connectivity index (χ4v) is 7.86. The molecule has 0 radical (unpaired) electrons. The van der Waals surface area contributed by atoms with Crippen molar-refractivity contribution in [2.24, 2.45) is 0 Å². The van der Waals surface area contributed by atoms with E-state index in [1.165, 1.54) is 0 Å². The summed E-state index contributed by atoms with van der Waals surface area (Å²) in [6.45, 7) is 14.3. The number of rotatable bonds is 7. The molecule has 0 spiro atoms. The van der Waals surface area contributed by atoms with E-state index in [9.17, 15) is 9.90 Å². The van der Waals surface area contributed by atoms with Gasteiger partial charge in [0, 0.05) is 10.6 Å². The molecule has 0 fully saturated rings. The van der Waals surface area contributed by atoms with Crippen LogP contribution in [0.15, 0.2) is 72.8 Å². The number of phenolic OH excluding ortho intramolecular Hbond substituents is 1. The molecular weight excluding hydrogens is 467 g/mol. The Morgan fingerprint density at radius 1 is 0.833 bits per heavy atom. The van der Waals surface area contributed by atoms with Gasteiger partial charge in [0.1, 0.15) is 5.75 Å². The highest BCUT2D eigenvalue weighted by Gasteiger charge is 2.41. The maximum Gasteiger partial charge on any atom is 0.306 e.